The third kappa shape index (κ3) is 5.51. The molecular formula is C21H22F6N2. The van der Waals surface area contributed by atoms with E-state index in [1.165, 1.54) is 12.1 Å². The van der Waals surface area contributed by atoms with Gasteiger partial charge in [-0.1, -0.05) is 12.1 Å². The highest BCUT2D eigenvalue weighted by molar-refractivity contribution is 5.28. The number of hydrogen-bond acceptors (Lipinski definition) is 2. The zero-order valence-electron chi connectivity index (χ0n) is 15.7. The van der Waals surface area contributed by atoms with Gasteiger partial charge in [-0.2, -0.15) is 13.2 Å². The maximum atomic E-state index is 13.7. The molecule has 0 amide bonds. The third-order valence-corrected chi connectivity index (χ3v) is 5.37. The lowest BCUT2D eigenvalue weighted by atomic mass is 9.97. The van der Waals surface area contributed by atoms with Crippen LogP contribution in [0.4, 0.5) is 26.3 Å². The van der Waals surface area contributed by atoms with E-state index in [9.17, 15) is 26.3 Å². The molecule has 8 heteroatoms. The van der Waals surface area contributed by atoms with E-state index in [-0.39, 0.29) is 17.9 Å². The quantitative estimate of drug-likeness (QED) is 0.538. The lowest BCUT2D eigenvalue weighted by molar-refractivity contribution is -0.137. The van der Waals surface area contributed by atoms with Crippen molar-refractivity contribution in [2.24, 2.45) is 5.73 Å². The van der Waals surface area contributed by atoms with E-state index in [4.69, 9.17) is 5.73 Å². The van der Waals surface area contributed by atoms with E-state index in [0.717, 1.165) is 36.7 Å². The van der Waals surface area contributed by atoms with Gasteiger partial charge in [-0.25, -0.2) is 13.2 Å². The van der Waals surface area contributed by atoms with Crippen molar-refractivity contribution in [1.29, 1.82) is 0 Å². The van der Waals surface area contributed by atoms with Crippen LogP contribution in [-0.4, -0.2) is 30.6 Å². The molecular weight excluding hydrogens is 394 g/mol. The molecule has 2 aromatic rings. The number of alkyl halides is 3. The summed E-state index contributed by atoms with van der Waals surface area (Å²) in [7, 11) is 0. The van der Waals surface area contributed by atoms with Crippen LogP contribution >= 0.6 is 0 Å². The summed E-state index contributed by atoms with van der Waals surface area (Å²) in [6, 6.07) is 6.19. The monoisotopic (exact) mass is 416 g/mol. The number of halogens is 6. The molecule has 2 aromatic carbocycles. The molecule has 2 N–H and O–H groups in total. The molecule has 0 aliphatic carbocycles. The van der Waals surface area contributed by atoms with Crippen LogP contribution in [0.1, 0.15) is 35.4 Å². The van der Waals surface area contributed by atoms with Gasteiger partial charge in [0, 0.05) is 18.7 Å². The van der Waals surface area contributed by atoms with E-state index in [2.05, 4.69) is 4.90 Å². The fraction of sp³-hybridized carbons (Fsp3) is 0.429. The third-order valence-electron chi connectivity index (χ3n) is 5.37. The molecule has 1 aliphatic rings. The summed E-state index contributed by atoms with van der Waals surface area (Å²) >= 11 is 0. The van der Waals surface area contributed by atoms with Crippen molar-refractivity contribution in [3.63, 3.8) is 0 Å². The van der Waals surface area contributed by atoms with Gasteiger partial charge >= 0.3 is 6.18 Å². The second-order valence-electron chi connectivity index (χ2n) is 7.52. The Morgan fingerprint density at radius 2 is 1.66 bits per heavy atom. The van der Waals surface area contributed by atoms with Crippen molar-refractivity contribution in [3.8, 4) is 0 Å². The first-order valence-corrected chi connectivity index (χ1v) is 9.42. The molecule has 1 saturated heterocycles. The van der Waals surface area contributed by atoms with E-state index in [0.29, 0.717) is 25.6 Å². The molecule has 1 unspecified atom stereocenters. The molecule has 0 saturated carbocycles. The fourth-order valence-electron chi connectivity index (χ4n) is 3.71. The van der Waals surface area contributed by atoms with Crippen LogP contribution in [0.25, 0.3) is 0 Å². The van der Waals surface area contributed by atoms with Crippen LogP contribution in [-0.2, 0) is 12.6 Å². The topological polar surface area (TPSA) is 29.3 Å². The first-order valence-electron chi connectivity index (χ1n) is 9.42. The highest BCUT2D eigenvalue weighted by Gasteiger charge is 2.31. The summed E-state index contributed by atoms with van der Waals surface area (Å²) in [6.45, 7) is 2.14. The second kappa shape index (κ2) is 8.75. The minimum atomic E-state index is -4.34. The van der Waals surface area contributed by atoms with Crippen molar-refractivity contribution < 1.29 is 26.3 Å². The predicted octanol–water partition coefficient (Wildman–Crippen LogP) is 4.87. The van der Waals surface area contributed by atoms with Gasteiger partial charge in [0.1, 0.15) is 5.82 Å². The SMILES string of the molecule is N[C@@H](CCN1CCC(c2ccc(C(F)(F)F)cc2)C1)Cc1cc(F)c(F)cc1F. The summed E-state index contributed by atoms with van der Waals surface area (Å²) < 4.78 is 78.0. The molecule has 1 aliphatic heterocycles. The molecule has 2 atom stereocenters. The minimum Gasteiger partial charge on any atom is -0.327 e. The first-order chi connectivity index (χ1) is 13.6. The van der Waals surface area contributed by atoms with Crippen molar-refractivity contribution >= 4 is 0 Å². The number of hydrogen-bond donors (Lipinski definition) is 1. The average Bonchev–Trinajstić information content (AvgIpc) is 3.13. The molecule has 158 valence electrons. The van der Waals surface area contributed by atoms with Crippen LogP contribution in [0.15, 0.2) is 36.4 Å². The molecule has 0 spiro atoms. The lowest BCUT2D eigenvalue weighted by Crippen LogP contribution is -2.31. The Kier molecular flexibility index (Phi) is 6.53. The van der Waals surface area contributed by atoms with Crippen molar-refractivity contribution in [2.45, 2.75) is 37.4 Å². The highest BCUT2D eigenvalue weighted by Crippen LogP contribution is 2.32. The van der Waals surface area contributed by atoms with Crippen LogP contribution < -0.4 is 5.73 Å². The fourth-order valence-corrected chi connectivity index (χ4v) is 3.71. The largest absolute Gasteiger partial charge is 0.416 e. The summed E-state index contributed by atoms with van der Waals surface area (Å²) in [5, 5.41) is 0. The van der Waals surface area contributed by atoms with Gasteiger partial charge in [0.05, 0.1) is 5.56 Å². The summed E-state index contributed by atoms with van der Waals surface area (Å²) in [4.78, 5) is 2.16. The summed E-state index contributed by atoms with van der Waals surface area (Å²) in [5.74, 6) is -3.00. The molecule has 2 nitrogen and oxygen atoms in total. The summed E-state index contributed by atoms with van der Waals surface area (Å²) in [5.41, 5.74) is 6.28. The average molecular weight is 416 g/mol. The zero-order valence-corrected chi connectivity index (χ0v) is 15.7. The Balaban J connectivity index is 1.49. The van der Waals surface area contributed by atoms with Gasteiger partial charge < -0.3 is 10.6 Å². The van der Waals surface area contributed by atoms with Gasteiger partial charge in [-0.15, -0.1) is 0 Å². The normalized spacial score (nSPS) is 18.9. The highest BCUT2D eigenvalue weighted by atomic mass is 19.4. The second-order valence-corrected chi connectivity index (χ2v) is 7.52. The number of nitrogens with two attached hydrogens (primary N) is 1. The Bertz CT molecular complexity index is 834. The van der Waals surface area contributed by atoms with Crippen molar-refractivity contribution in [1.82, 2.24) is 4.90 Å². The van der Waals surface area contributed by atoms with E-state index < -0.39 is 35.2 Å². The number of rotatable bonds is 6. The molecule has 1 heterocycles. The van der Waals surface area contributed by atoms with Gasteiger partial charge in [0.25, 0.3) is 0 Å². The van der Waals surface area contributed by atoms with Gasteiger partial charge in [-0.3, -0.25) is 0 Å². The molecule has 0 aromatic heterocycles. The predicted molar refractivity (Wildman–Crippen MR) is 97.9 cm³/mol. The molecule has 29 heavy (non-hydrogen) atoms. The van der Waals surface area contributed by atoms with Crippen molar-refractivity contribution in [3.05, 3.63) is 70.5 Å². The van der Waals surface area contributed by atoms with Crippen molar-refractivity contribution in [2.75, 3.05) is 19.6 Å². The first kappa shape index (κ1) is 21.6. The number of benzene rings is 2. The molecule has 1 fully saturated rings. The van der Waals surface area contributed by atoms with Crippen LogP contribution in [0.5, 0.6) is 0 Å². The van der Waals surface area contributed by atoms with Crippen LogP contribution in [0.3, 0.4) is 0 Å². The Hall–Kier alpha value is -2.06. The zero-order chi connectivity index (χ0) is 21.2. The Labute approximate surface area is 165 Å². The molecule has 0 radical (unpaired) electrons. The Morgan fingerprint density at radius 3 is 2.31 bits per heavy atom. The maximum Gasteiger partial charge on any atom is 0.416 e. The lowest BCUT2D eigenvalue weighted by Gasteiger charge is -2.19. The standard InChI is InChI=1S/C21H22F6N2/c22-18-11-20(24)19(23)10-15(18)9-17(28)6-8-29-7-5-14(12-29)13-1-3-16(4-2-13)21(25,26)27/h1-4,10-11,14,17H,5-9,12,28H2/t14?,17-/m0/s1. The van der Waals surface area contributed by atoms with Crippen LogP contribution in [0.2, 0.25) is 0 Å². The van der Waals surface area contributed by atoms with Gasteiger partial charge in [0.15, 0.2) is 11.6 Å². The molecule has 3 rings (SSSR count). The number of nitrogens with zero attached hydrogens (tertiary/aromatic N) is 1. The maximum absolute atomic E-state index is 13.7. The minimum absolute atomic E-state index is 0.0421. The summed E-state index contributed by atoms with van der Waals surface area (Å²) in [6.07, 6.45) is -2.88. The number of likely N-dealkylation sites (tertiary alicyclic amines) is 1. The van der Waals surface area contributed by atoms with E-state index in [1.54, 1.807) is 0 Å². The molecule has 0 bridgehead atoms. The van der Waals surface area contributed by atoms with Gasteiger partial charge in [-0.05, 0) is 67.6 Å². The van der Waals surface area contributed by atoms with Crippen LogP contribution in [0, 0.1) is 17.5 Å². The smallest absolute Gasteiger partial charge is 0.327 e. The van der Waals surface area contributed by atoms with Gasteiger partial charge in [0.2, 0.25) is 0 Å². The van der Waals surface area contributed by atoms with E-state index in [1.807, 2.05) is 0 Å². The van der Waals surface area contributed by atoms with E-state index >= 15 is 0 Å². The Morgan fingerprint density at radius 1 is 1.00 bits per heavy atom.